The zero-order valence-electron chi connectivity index (χ0n) is 16.8. The Bertz CT molecular complexity index is 932. The fourth-order valence-electron chi connectivity index (χ4n) is 2.77. The lowest BCUT2D eigenvalue weighted by molar-refractivity contribution is -0.137. The van der Waals surface area contributed by atoms with Gasteiger partial charge in [0.2, 0.25) is 11.8 Å². The molecule has 0 fully saturated rings. The second-order valence-electron chi connectivity index (χ2n) is 6.82. The lowest BCUT2D eigenvalue weighted by Gasteiger charge is -2.20. The van der Waals surface area contributed by atoms with Gasteiger partial charge in [-0.25, -0.2) is 0 Å². The first-order valence-corrected chi connectivity index (χ1v) is 9.74. The van der Waals surface area contributed by atoms with Gasteiger partial charge in [0, 0.05) is 22.8 Å². The molecule has 5 nitrogen and oxygen atoms in total. The predicted octanol–water partition coefficient (Wildman–Crippen LogP) is 5.84. The quantitative estimate of drug-likeness (QED) is 0.505. The van der Waals surface area contributed by atoms with Crippen molar-refractivity contribution in [3.8, 4) is 0 Å². The molecule has 0 saturated carbocycles. The molecule has 0 saturated heterocycles. The summed E-state index contributed by atoms with van der Waals surface area (Å²) in [6.45, 7) is 5.20. The average molecular weight is 442 g/mol. The van der Waals surface area contributed by atoms with E-state index in [0.717, 1.165) is 12.1 Å². The number of amides is 2. The number of carbonyl (C=O) groups excluding carboxylic acids is 2. The maximum atomic E-state index is 13.2. The van der Waals surface area contributed by atoms with Crippen LogP contribution in [0.4, 0.5) is 30.2 Å². The Hall–Kier alpha value is -2.74. The van der Waals surface area contributed by atoms with E-state index in [1.54, 1.807) is 25.1 Å². The fraction of sp³-hybridized carbons (Fsp3) is 0.333. The van der Waals surface area contributed by atoms with E-state index in [2.05, 4.69) is 16.0 Å². The van der Waals surface area contributed by atoms with Gasteiger partial charge in [-0.1, -0.05) is 24.6 Å². The monoisotopic (exact) mass is 441 g/mol. The van der Waals surface area contributed by atoms with Crippen LogP contribution in [0.1, 0.15) is 37.8 Å². The Morgan fingerprint density at radius 3 is 2.37 bits per heavy atom. The fourth-order valence-corrected chi connectivity index (χ4v) is 2.94. The van der Waals surface area contributed by atoms with Gasteiger partial charge in [0.15, 0.2) is 0 Å². The summed E-state index contributed by atoms with van der Waals surface area (Å²) in [6, 6.07) is 7.48. The zero-order chi connectivity index (χ0) is 22.5. The van der Waals surface area contributed by atoms with Crippen LogP contribution in [0.5, 0.6) is 0 Å². The van der Waals surface area contributed by atoms with Crippen LogP contribution in [0.2, 0.25) is 5.02 Å². The van der Waals surface area contributed by atoms with Crippen molar-refractivity contribution in [2.24, 2.45) is 0 Å². The molecule has 2 aromatic rings. The van der Waals surface area contributed by atoms with Crippen molar-refractivity contribution in [2.45, 2.75) is 45.8 Å². The smallest absolute Gasteiger partial charge is 0.374 e. The molecule has 0 aliphatic carbocycles. The number of hydrogen-bond acceptors (Lipinski definition) is 3. The molecule has 0 spiro atoms. The van der Waals surface area contributed by atoms with E-state index in [1.807, 2.05) is 6.92 Å². The highest BCUT2D eigenvalue weighted by Crippen LogP contribution is 2.36. The largest absolute Gasteiger partial charge is 0.418 e. The predicted molar refractivity (Wildman–Crippen MR) is 113 cm³/mol. The highest BCUT2D eigenvalue weighted by molar-refractivity contribution is 6.30. The number of anilines is 3. The van der Waals surface area contributed by atoms with Gasteiger partial charge in [0.1, 0.15) is 6.04 Å². The Balaban J connectivity index is 2.15. The summed E-state index contributed by atoms with van der Waals surface area (Å²) >= 11 is 5.66. The van der Waals surface area contributed by atoms with Gasteiger partial charge >= 0.3 is 6.18 Å². The minimum atomic E-state index is -4.66. The van der Waals surface area contributed by atoms with Crippen molar-refractivity contribution >= 4 is 40.5 Å². The van der Waals surface area contributed by atoms with E-state index in [1.165, 1.54) is 13.0 Å². The molecule has 0 aliphatic rings. The molecule has 0 radical (unpaired) electrons. The summed E-state index contributed by atoms with van der Waals surface area (Å²) in [5.41, 5.74) is 0.501. The van der Waals surface area contributed by atoms with E-state index >= 15 is 0 Å². The Labute approximate surface area is 178 Å². The van der Waals surface area contributed by atoms with Gasteiger partial charge in [-0.05, 0) is 56.2 Å². The van der Waals surface area contributed by atoms with Crippen molar-refractivity contribution in [1.82, 2.24) is 0 Å². The van der Waals surface area contributed by atoms with E-state index in [4.69, 9.17) is 11.6 Å². The zero-order valence-corrected chi connectivity index (χ0v) is 17.5. The van der Waals surface area contributed by atoms with Gasteiger partial charge in [0.05, 0.1) is 11.3 Å². The van der Waals surface area contributed by atoms with Crippen LogP contribution >= 0.6 is 11.6 Å². The number of halogens is 4. The van der Waals surface area contributed by atoms with Crippen molar-refractivity contribution in [2.75, 3.05) is 16.0 Å². The SMILES string of the molecule is CCCC(=O)Nc1cccc(NC(C)C(=O)Nc2ccc(Cl)cc2C(F)(F)F)c1C. The Morgan fingerprint density at radius 2 is 1.73 bits per heavy atom. The van der Waals surface area contributed by atoms with E-state index in [9.17, 15) is 22.8 Å². The minimum absolute atomic E-state index is 0.0796. The normalized spacial score (nSPS) is 12.2. The summed E-state index contributed by atoms with van der Waals surface area (Å²) in [6.07, 6.45) is -3.56. The lowest BCUT2D eigenvalue weighted by Crippen LogP contribution is -2.33. The molecule has 3 N–H and O–H groups in total. The number of carbonyl (C=O) groups is 2. The molecule has 30 heavy (non-hydrogen) atoms. The number of hydrogen-bond donors (Lipinski definition) is 3. The minimum Gasteiger partial charge on any atom is -0.374 e. The van der Waals surface area contributed by atoms with Crippen LogP contribution in [0.25, 0.3) is 0 Å². The van der Waals surface area contributed by atoms with Gasteiger partial charge in [-0.2, -0.15) is 13.2 Å². The third-order valence-electron chi connectivity index (χ3n) is 4.40. The van der Waals surface area contributed by atoms with Crippen LogP contribution in [-0.2, 0) is 15.8 Å². The molecule has 0 heterocycles. The molecule has 2 amide bonds. The third kappa shape index (κ3) is 6.13. The summed E-state index contributed by atoms with van der Waals surface area (Å²) in [5.74, 6) is -0.770. The van der Waals surface area contributed by atoms with Crippen LogP contribution in [0.15, 0.2) is 36.4 Å². The molecular weight excluding hydrogens is 419 g/mol. The summed E-state index contributed by atoms with van der Waals surface area (Å²) in [5, 5.41) is 8.00. The summed E-state index contributed by atoms with van der Waals surface area (Å²) in [7, 11) is 0. The molecule has 2 aromatic carbocycles. The summed E-state index contributed by atoms with van der Waals surface area (Å²) < 4.78 is 39.7. The standard InChI is InChI=1S/C21H23ClF3N3O2/c1-4-6-19(29)27-17-8-5-7-16(12(17)2)26-13(3)20(30)28-18-10-9-14(22)11-15(18)21(23,24)25/h5,7-11,13,26H,4,6H2,1-3H3,(H,27,29)(H,28,30). The van der Waals surface area contributed by atoms with Gasteiger partial charge in [-0.3, -0.25) is 9.59 Å². The van der Waals surface area contributed by atoms with E-state index in [-0.39, 0.29) is 16.6 Å². The molecule has 0 bridgehead atoms. The molecule has 1 unspecified atom stereocenters. The van der Waals surface area contributed by atoms with Crippen LogP contribution in [0.3, 0.4) is 0 Å². The van der Waals surface area contributed by atoms with E-state index in [0.29, 0.717) is 29.8 Å². The van der Waals surface area contributed by atoms with Gasteiger partial charge in [-0.15, -0.1) is 0 Å². The Morgan fingerprint density at radius 1 is 1.07 bits per heavy atom. The third-order valence-corrected chi connectivity index (χ3v) is 4.63. The molecule has 2 rings (SSSR count). The molecule has 1 atom stereocenters. The second-order valence-corrected chi connectivity index (χ2v) is 7.26. The van der Waals surface area contributed by atoms with Crippen molar-refractivity contribution < 1.29 is 22.8 Å². The summed E-state index contributed by atoms with van der Waals surface area (Å²) in [4.78, 5) is 24.3. The number of rotatable bonds is 7. The number of alkyl halides is 3. The topological polar surface area (TPSA) is 70.2 Å². The lowest BCUT2D eigenvalue weighted by atomic mass is 10.1. The van der Waals surface area contributed by atoms with Crippen LogP contribution in [-0.4, -0.2) is 17.9 Å². The molecular formula is C21H23ClF3N3O2. The Kier molecular flexibility index (Phi) is 7.72. The van der Waals surface area contributed by atoms with Crippen molar-refractivity contribution in [3.63, 3.8) is 0 Å². The van der Waals surface area contributed by atoms with Crippen molar-refractivity contribution in [1.29, 1.82) is 0 Å². The average Bonchev–Trinajstić information content (AvgIpc) is 2.65. The molecule has 162 valence electrons. The maximum absolute atomic E-state index is 13.2. The van der Waals surface area contributed by atoms with Crippen LogP contribution < -0.4 is 16.0 Å². The number of benzene rings is 2. The van der Waals surface area contributed by atoms with E-state index < -0.39 is 23.7 Å². The first-order chi connectivity index (χ1) is 14.0. The molecule has 0 aliphatic heterocycles. The van der Waals surface area contributed by atoms with Crippen molar-refractivity contribution in [3.05, 3.63) is 52.5 Å². The maximum Gasteiger partial charge on any atom is 0.418 e. The first kappa shape index (κ1) is 23.5. The second kappa shape index (κ2) is 9.84. The molecule has 9 heteroatoms. The van der Waals surface area contributed by atoms with Gasteiger partial charge in [0.25, 0.3) is 0 Å². The highest BCUT2D eigenvalue weighted by Gasteiger charge is 2.34. The first-order valence-electron chi connectivity index (χ1n) is 9.36. The highest BCUT2D eigenvalue weighted by atomic mass is 35.5. The number of nitrogens with one attached hydrogen (secondary N) is 3. The van der Waals surface area contributed by atoms with Gasteiger partial charge < -0.3 is 16.0 Å². The molecule has 0 aromatic heterocycles. The van der Waals surface area contributed by atoms with Crippen LogP contribution in [0, 0.1) is 6.92 Å².